The number of likely N-dealkylation sites (tertiary alicyclic amines) is 1. The maximum Gasteiger partial charge on any atom is 0.416 e. The first kappa shape index (κ1) is 32.0. The molecule has 0 unspecified atom stereocenters. The number of benzene rings is 3. The fourth-order valence-electron chi connectivity index (χ4n) is 5.82. The number of carboxylic acids is 1. The van der Waals surface area contributed by atoms with E-state index in [0.717, 1.165) is 23.3 Å². The fraction of sp³-hybridized carbons (Fsp3) is 0.375. The van der Waals surface area contributed by atoms with Crippen LogP contribution in [0.4, 0.5) is 13.2 Å². The molecule has 1 aliphatic heterocycles. The highest BCUT2D eigenvalue weighted by molar-refractivity contribution is 9.10. The molecule has 1 aliphatic rings. The summed E-state index contributed by atoms with van der Waals surface area (Å²) in [5.74, 6) is -1.68. The van der Waals surface area contributed by atoms with Crippen LogP contribution in [0.15, 0.2) is 77.3 Å². The van der Waals surface area contributed by atoms with Crippen LogP contribution in [0.25, 0.3) is 0 Å². The van der Waals surface area contributed by atoms with E-state index in [0.29, 0.717) is 27.7 Å². The minimum atomic E-state index is -4.58. The van der Waals surface area contributed by atoms with Crippen LogP contribution in [-0.2, 0) is 38.8 Å². The highest BCUT2D eigenvalue weighted by Crippen LogP contribution is 2.52. The zero-order valence-electron chi connectivity index (χ0n) is 23.9. The second-order valence-corrected chi connectivity index (χ2v) is 15.6. The summed E-state index contributed by atoms with van der Waals surface area (Å²) in [5, 5.41) is 10.7. The van der Waals surface area contributed by atoms with E-state index < -0.39 is 50.5 Å². The zero-order chi connectivity index (χ0) is 30.8. The number of nitrogens with zero attached hydrogens (tertiary/aromatic N) is 1. The predicted octanol–water partition coefficient (Wildman–Crippen LogP) is 8.29. The molecular formula is C32H34BrF3NO4Si. The topological polar surface area (TPSA) is 66.8 Å². The van der Waals surface area contributed by atoms with Crippen LogP contribution in [0, 0.1) is 0 Å². The van der Waals surface area contributed by atoms with E-state index in [1.165, 1.54) is 17.0 Å². The Labute approximate surface area is 254 Å². The first-order chi connectivity index (χ1) is 19.8. The van der Waals surface area contributed by atoms with E-state index in [4.69, 9.17) is 4.43 Å². The summed E-state index contributed by atoms with van der Waals surface area (Å²) < 4.78 is 47.0. The smallest absolute Gasteiger partial charge is 0.416 e. The molecule has 3 aromatic carbocycles. The number of hydrogen-bond donors (Lipinski definition) is 1. The van der Waals surface area contributed by atoms with Crippen LogP contribution >= 0.6 is 15.9 Å². The average Bonchev–Trinajstić information content (AvgIpc) is 3.21. The summed E-state index contributed by atoms with van der Waals surface area (Å²) in [7, 11) is -1.07. The number of amides is 1. The largest absolute Gasteiger partial charge is 0.480 e. The van der Waals surface area contributed by atoms with Gasteiger partial charge in [0.05, 0.1) is 18.2 Å². The third kappa shape index (κ3) is 6.50. The van der Waals surface area contributed by atoms with Crippen molar-refractivity contribution in [3.8, 4) is 0 Å². The number of carbonyl (C=O) groups excluding carboxylic acids is 1. The van der Waals surface area contributed by atoms with Gasteiger partial charge >= 0.3 is 12.1 Å². The number of alkyl halides is 3. The van der Waals surface area contributed by atoms with Crippen molar-refractivity contribution in [3.63, 3.8) is 0 Å². The van der Waals surface area contributed by atoms with Gasteiger partial charge < -0.3 is 14.4 Å². The van der Waals surface area contributed by atoms with Gasteiger partial charge in [0.2, 0.25) is 14.9 Å². The molecule has 1 heterocycles. The second-order valence-electron chi connectivity index (χ2n) is 11.3. The van der Waals surface area contributed by atoms with E-state index in [1.54, 1.807) is 6.07 Å². The normalized spacial score (nSPS) is 19.4. The first-order valence-corrected chi connectivity index (χ1v) is 16.1. The van der Waals surface area contributed by atoms with Crippen molar-refractivity contribution in [2.45, 2.75) is 76.0 Å². The molecular weight excluding hydrogens is 627 g/mol. The highest BCUT2D eigenvalue weighted by atomic mass is 79.9. The third-order valence-corrected chi connectivity index (χ3v) is 11.2. The SMILES string of the molecule is CC(C)[Si](OCc1ccc([C@H]2N(Cc3ccccc3)C(=O)C[C@@]2(C(=O)O)c2ccc(C(F)(F)F)cc2)c(Br)c1)C(C)C. The molecule has 4 rings (SSSR count). The van der Waals surface area contributed by atoms with E-state index in [2.05, 4.69) is 43.6 Å². The van der Waals surface area contributed by atoms with Crippen LogP contribution in [0.2, 0.25) is 11.1 Å². The molecule has 1 N–H and O–H groups in total. The number of hydrogen-bond acceptors (Lipinski definition) is 3. The molecule has 1 fully saturated rings. The summed E-state index contributed by atoms with van der Waals surface area (Å²) in [4.78, 5) is 28.3. The van der Waals surface area contributed by atoms with Crippen LogP contribution < -0.4 is 0 Å². The van der Waals surface area contributed by atoms with Crippen LogP contribution in [0.3, 0.4) is 0 Å². The molecule has 1 radical (unpaired) electrons. The van der Waals surface area contributed by atoms with Crippen molar-refractivity contribution < 1.29 is 32.3 Å². The lowest BCUT2D eigenvalue weighted by Gasteiger charge is -2.36. The quantitative estimate of drug-likeness (QED) is 0.222. The number of rotatable bonds is 10. The van der Waals surface area contributed by atoms with Gasteiger partial charge in [-0.05, 0) is 51.5 Å². The minimum Gasteiger partial charge on any atom is -0.480 e. The molecule has 2 atom stereocenters. The lowest BCUT2D eigenvalue weighted by Crippen LogP contribution is -2.42. The molecule has 5 nitrogen and oxygen atoms in total. The van der Waals surface area contributed by atoms with Crippen molar-refractivity contribution >= 4 is 36.8 Å². The molecule has 0 aliphatic carbocycles. The maximum atomic E-state index is 13.6. The molecule has 3 aromatic rings. The zero-order valence-corrected chi connectivity index (χ0v) is 26.5. The van der Waals surface area contributed by atoms with E-state index in [9.17, 15) is 27.9 Å². The predicted molar refractivity (Wildman–Crippen MR) is 160 cm³/mol. The molecule has 42 heavy (non-hydrogen) atoms. The Balaban J connectivity index is 1.80. The Kier molecular flexibility index (Phi) is 9.69. The molecule has 0 aromatic heterocycles. The number of carbonyl (C=O) groups is 2. The Morgan fingerprint density at radius 3 is 2.17 bits per heavy atom. The van der Waals surface area contributed by atoms with Crippen molar-refractivity contribution in [2.24, 2.45) is 0 Å². The Hall–Kier alpha value is -2.95. The number of carboxylic acid groups (broad SMARTS) is 1. The van der Waals surface area contributed by atoms with Crippen molar-refractivity contribution in [1.29, 1.82) is 0 Å². The van der Waals surface area contributed by atoms with Crippen LogP contribution in [0.5, 0.6) is 0 Å². The lowest BCUT2D eigenvalue weighted by atomic mass is 9.71. The molecule has 1 saturated heterocycles. The van der Waals surface area contributed by atoms with Gasteiger partial charge in [0.15, 0.2) is 0 Å². The van der Waals surface area contributed by atoms with E-state index >= 15 is 0 Å². The summed E-state index contributed by atoms with van der Waals surface area (Å²) >= 11 is 3.64. The molecule has 1 amide bonds. The first-order valence-electron chi connectivity index (χ1n) is 13.8. The summed E-state index contributed by atoms with van der Waals surface area (Å²) in [5.41, 5.74) is 0.539. The van der Waals surface area contributed by atoms with Gasteiger partial charge in [0.25, 0.3) is 0 Å². The second kappa shape index (κ2) is 12.7. The van der Waals surface area contributed by atoms with Crippen LogP contribution in [-0.4, -0.2) is 30.9 Å². The van der Waals surface area contributed by atoms with E-state index in [-0.39, 0.29) is 12.1 Å². The third-order valence-electron chi connectivity index (χ3n) is 7.74. The van der Waals surface area contributed by atoms with Gasteiger partial charge in [-0.3, -0.25) is 9.59 Å². The Morgan fingerprint density at radius 2 is 1.64 bits per heavy atom. The van der Waals surface area contributed by atoms with Gasteiger partial charge in [-0.2, -0.15) is 13.2 Å². The standard InChI is InChI=1S/C32H34BrF3NO4Si/c1-20(2)42(21(3)4)41-19-23-10-15-26(27(33)16-23)29-31(30(39)40,24-11-13-25(14-12-24)32(34,35)36)17-28(38)37(29)18-22-8-6-5-7-9-22/h5-16,20-21,29H,17-19H2,1-4H3,(H,39,40)/t29-,31-/m1/s1. The van der Waals surface area contributed by atoms with Gasteiger partial charge in [-0.25, -0.2) is 0 Å². The van der Waals surface area contributed by atoms with Crippen LogP contribution in [0.1, 0.15) is 68.0 Å². The highest BCUT2D eigenvalue weighted by Gasteiger charge is 2.59. The van der Waals surface area contributed by atoms with E-state index in [1.807, 2.05) is 42.5 Å². The van der Waals surface area contributed by atoms with Crippen molar-refractivity contribution in [3.05, 3.63) is 105 Å². The summed E-state index contributed by atoms with van der Waals surface area (Å²) in [6.07, 6.45) is -4.97. The molecule has 10 heteroatoms. The number of aliphatic carboxylic acids is 1. The molecule has 0 bridgehead atoms. The van der Waals surface area contributed by atoms with Gasteiger partial charge in [-0.1, -0.05) is 98.2 Å². The maximum absolute atomic E-state index is 13.6. The Bertz CT molecular complexity index is 1410. The monoisotopic (exact) mass is 660 g/mol. The molecule has 0 saturated carbocycles. The summed E-state index contributed by atoms with van der Waals surface area (Å²) in [6.45, 7) is 9.14. The Morgan fingerprint density at radius 1 is 1.02 bits per heavy atom. The van der Waals surface area contributed by atoms with Gasteiger partial charge in [0.1, 0.15) is 5.41 Å². The molecule has 223 valence electrons. The molecule has 0 spiro atoms. The minimum absolute atomic E-state index is 0.136. The van der Waals surface area contributed by atoms with Crippen molar-refractivity contribution in [1.82, 2.24) is 4.90 Å². The van der Waals surface area contributed by atoms with Gasteiger partial charge in [-0.15, -0.1) is 0 Å². The average molecular weight is 662 g/mol. The number of halogens is 4. The fourth-order valence-corrected chi connectivity index (χ4v) is 8.80. The van der Waals surface area contributed by atoms with Gasteiger partial charge in [0, 0.05) is 17.4 Å². The summed E-state index contributed by atoms with van der Waals surface area (Å²) in [6, 6.07) is 17.9. The van der Waals surface area contributed by atoms with Crippen molar-refractivity contribution in [2.75, 3.05) is 0 Å². The lowest BCUT2D eigenvalue weighted by molar-refractivity contribution is -0.145.